The second-order valence-corrected chi connectivity index (χ2v) is 5.90. The fourth-order valence-electron chi connectivity index (χ4n) is 2.80. The van der Waals surface area contributed by atoms with E-state index in [2.05, 4.69) is 20.8 Å². The number of amides is 1. The summed E-state index contributed by atoms with van der Waals surface area (Å²) >= 11 is 0. The number of carbonyl (C=O) groups excluding carboxylic acids is 1. The average molecular weight is 352 g/mol. The maximum atomic E-state index is 12.7. The third-order valence-corrected chi connectivity index (χ3v) is 4.12. The van der Waals surface area contributed by atoms with Gasteiger partial charge in [-0.05, 0) is 35.4 Å². The molecule has 0 fully saturated rings. The second-order valence-electron chi connectivity index (χ2n) is 5.90. The summed E-state index contributed by atoms with van der Waals surface area (Å²) in [5.41, 5.74) is 1.67. The molecule has 1 amide bonds. The van der Waals surface area contributed by atoms with Gasteiger partial charge in [0, 0.05) is 24.8 Å². The number of hydrogen-bond acceptors (Lipinski definition) is 5. The van der Waals surface area contributed by atoms with Crippen LogP contribution in [0.15, 0.2) is 59.7 Å². The fraction of sp³-hybridized carbons (Fsp3) is 0.278. The van der Waals surface area contributed by atoms with Crippen molar-refractivity contribution in [2.45, 2.75) is 25.9 Å². The van der Waals surface area contributed by atoms with Crippen LogP contribution in [0.3, 0.4) is 0 Å². The first kappa shape index (κ1) is 17.5. The molecule has 3 aromatic rings. The maximum absolute atomic E-state index is 12.7. The van der Waals surface area contributed by atoms with Gasteiger partial charge in [-0.3, -0.25) is 9.59 Å². The lowest BCUT2D eigenvalue weighted by Gasteiger charge is -2.17. The summed E-state index contributed by atoms with van der Waals surface area (Å²) in [6.45, 7) is 2.89. The molecule has 134 valence electrons. The Morgan fingerprint density at radius 2 is 1.96 bits per heavy atom. The summed E-state index contributed by atoms with van der Waals surface area (Å²) in [6.07, 6.45) is 2.07. The van der Waals surface area contributed by atoms with Crippen molar-refractivity contribution in [3.05, 3.63) is 76.5 Å². The van der Waals surface area contributed by atoms with E-state index >= 15 is 0 Å². The van der Waals surface area contributed by atoms with Crippen molar-refractivity contribution < 1.29 is 4.79 Å². The third-order valence-electron chi connectivity index (χ3n) is 4.12. The number of pyridine rings is 1. The van der Waals surface area contributed by atoms with Gasteiger partial charge >= 0.3 is 0 Å². The number of aromatic nitrogens is 5. The molecule has 0 spiro atoms. The molecule has 2 heterocycles. The molecule has 1 atom stereocenters. The van der Waals surface area contributed by atoms with Crippen molar-refractivity contribution in [3.63, 3.8) is 0 Å². The average Bonchev–Trinajstić information content (AvgIpc) is 3.16. The number of nitrogens with one attached hydrogen (secondary N) is 1. The number of aryl methyl sites for hydroxylation is 1. The van der Waals surface area contributed by atoms with E-state index in [1.165, 1.54) is 17.1 Å². The van der Waals surface area contributed by atoms with Crippen molar-refractivity contribution in [2.24, 2.45) is 0 Å². The zero-order valence-electron chi connectivity index (χ0n) is 14.4. The van der Waals surface area contributed by atoms with E-state index in [1.54, 1.807) is 10.6 Å². The second kappa shape index (κ2) is 8.19. The minimum atomic E-state index is -0.632. The molecule has 26 heavy (non-hydrogen) atoms. The smallest absolute Gasteiger partial charge is 0.250 e. The standard InChI is InChI=1S/C18H20N6O2/c1-14-7-5-10-16(25)23(14)12-6-11-19-18(26)17(24-13-20-21-22-24)15-8-3-2-4-9-15/h2-5,7-10,13,17H,6,11-12H2,1H3,(H,19,26)/t17-/m0/s1. The molecule has 0 unspecified atom stereocenters. The van der Waals surface area contributed by atoms with Gasteiger partial charge in [-0.2, -0.15) is 0 Å². The molecule has 1 aromatic carbocycles. The van der Waals surface area contributed by atoms with E-state index in [1.807, 2.05) is 43.3 Å². The number of hydrogen-bond donors (Lipinski definition) is 1. The van der Waals surface area contributed by atoms with Gasteiger partial charge in [0.1, 0.15) is 6.33 Å². The van der Waals surface area contributed by atoms with Crippen LogP contribution >= 0.6 is 0 Å². The Labute approximate surface area is 150 Å². The summed E-state index contributed by atoms with van der Waals surface area (Å²) in [7, 11) is 0. The SMILES string of the molecule is Cc1cccc(=O)n1CCCNC(=O)[C@H](c1ccccc1)n1cnnn1. The van der Waals surface area contributed by atoms with Gasteiger partial charge in [0.2, 0.25) is 5.91 Å². The van der Waals surface area contributed by atoms with Crippen molar-refractivity contribution in [3.8, 4) is 0 Å². The Morgan fingerprint density at radius 3 is 2.65 bits per heavy atom. The first-order valence-electron chi connectivity index (χ1n) is 8.38. The van der Waals surface area contributed by atoms with Crippen LogP contribution in [0.5, 0.6) is 0 Å². The van der Waals surface area contributed by atoms with Gasteiger partial charge in [-0.25, -0.2) is 4.68 Å². The minimum Gasteiger partial charge on any atom is -0.354 e. The summed E-state index contributed by atoms with van der Waals surface area (Å²) in [5, 5.41) is 14.0. The van der Waals surface area contributed by atoms with Gasteiger partial charge in [0.15, 0.2) is 6.04 Å². The van der Waals surface area contributed by atoms with Gasteiger partial charge in [0.25, 0.3) is 5.56 Å². The van der Waals surface area contributed by atoms with E-state index < -0.39 is 6.04 Å². The molecule has 0 aliphatic rings. The minimum absolute atomic E-state index is 0.0350. The predicted molar refractivity (Wildman–Crippen MR) is 95.5 cm³/mol. The molecular formula is C18H20N6O2. The van der Waals surface area contributed by atoms with Crippen molar-refractivity contribution in [1.29, 1.82) is 0 Å². The van der Waals surface area contributed by atoms with Crippen LogP contribution in [0, 0.1) is 6.92 Å². The molecule has 0 aliphatic heterocycles. The molecule has 8 nitrogen and oxygen atoms in total. The molecule has 0 radical (unpaired) electrons. The van der Waals surface area contributed by atoms with Crippen LogP contribution in [0.1, 0.15) is 23.7 Å². The summed E-state index contributed by atoms with van der Waals surface area (Å²) in [5.74, 6) is -0.194. The molecular weight excluding hydrogens is 332 g/mol. The van der Waals surface area contributed by atoms with E-state index in [0.717, 1.165) is 11.3 Å². The highest BCUT2D eigenvalue weighted by Gasteiger charge is 2.23. The van der Waals surface area contributed by atoms with Crippen molar-refractivity contribution in [2.75, 3.05) is 6.54 Å². The zero-order chi connectivity index (χ0) is 18.4. The Hall–Kier alpha value is -3.29. The van der Waals surface area contributed by atoms with Gasteiger partial charge in [0.05, 0.1) is 0 Å². The number of nitrogens with zero attached hydrogens (tertiary/aromatic N) is 5. The van der Waals surface area contributed by atoms with Crippen LogP contribution in [0.25, 0.3) is 0 Å². The highest BCUT2D eigenvalue weighted by atomic mass is 16.2. The van der Waals surface area contributed by atoms with E-state index in [0.29, 0.717) is 19.5 Å². The van der Waals surface area contributed by atoms with Gasteiger partial charge in [-0.15, -0.1) is 5.10 Å². The highest BCUT2D eigenvalue weighted by molar-refractivity contribution is 5.83. The first-order chi connectivity index (χ1) is 12.7. The van der Waals surface area contributed by atoms with Crippen LogP contribution in [0.2, 0.25) is 0 Å². The summed E-state index contributed by atoms with van der Waals surface area (Å²) in [4.78, 5) is 24.6. The molecule has 0 bridgehead atoms. The van der Waals surface area contributed by atoms with Gasteiger partial charge in [-0.1, -0.05) is 36.4 Å². The quantitative estimate of drug-likeness (QED) is 0.639. The van der Waals surface area contributed by atoms with Crippen molar-refractivity contribution in [1.82, 2.24) is 30.1 Å². The van der Waals surface area contributed by atoms with Crippen molar-refractivity contribution >= 4 is 5.91 Å². The monoisotopic (exact) mass is 352 g/mol. The molecule has 3 rings (SSSR count). The van der Waals surface area contributed by atoms with E-state index in [9.17, 15) is 9.59 Å². The lowest BCUT2D eigenvalue weighted by molar-refractivity contribution is -0.123. The number of tetrazole rings is 1. The largest absolute Gasteiger partial charge is 0.354 e. The fourth-order valence-corrected chi connectivity index (χ4v) is 2.80. The molecule has 0 saturated carbocycles. The maximum Gasteiger partial charge on any atom is 0.250 e. The van der Waals surface area contributed by atoms with Crippen LogP contribution in [0.4, 0.5) is 0 Å². The number of benzene rings is 1. The lowest BCUT2D eigenvalue weighted by Crippen LogP contribution is -2.35. The molecule has 1 N–H and O–H groups in total. The zero-order valence-corrected chi connectivity index (χ0v) is 14.4. The predicted octanol–water partition coefficient (Wildman–Crippen LogP) is 0.939. The van der Waals surface area contributed by atoms with Crippen LogP contribution < -0.4 is 10.9 Å². The van der Waals surface area contributed by atoms with Gasteiger partial charge < -0.3 is 9.88 Å². The van der Waals surface area contributed by atoms with E-state index in [-0.39, 0.29) is 11.5 Å². The normalized spacial score (nSPS) is 11.9. The molecule has 0 saturated heterocycles. The number of rotatable bonds is 7. The van der Waals surface area contributed by atoms with E-state index in [4.69, 9.17) is 0 Å². The topological polar surface area (TPSA) is 94.7 Å². The highest BCUT2D eigenvalue weighted by Crippen LogP contribution is 2.16. The number of carbonyl (C=O) groups is 1. The summed E-state index contributed by atoms with van der Waals surface area (Å²) in [6, 6.07) is 13.9. The molecule has 2 aromatic heterocycles. The molecule has 0 aliphatic carbocycles. The summed E-state index contributed by atoms with van der Waals surface area (Å²) < 4.78 is 3.12. The first-order valence-corrected chi connectivity index (χ1v) is 8.38. The van der Waals surface area contributed by atoms with Crippen LogP contribution in [-0.4, -0.2) is 37.2 Å². The Balaban J connectivity index is 1.63. The molecule has 8 heteroatoms. The Bertz CT molecular complexity index is 905. The lowest BCUT2D eigenvalue weighted by atomic mass is 10.1. The Kier molecular flexibility index (Phi) is 5.52. The third kappa shape index (κ3) is 4.02. The van der Waals surface area contributed by atoms with Crippen LogP contribution in [-0.2, 0) is 11.3 Å². The Morgan fingerprint density at radius 1 is 1.15 bits per heavy atom.